The molecule has 0 radical (unpaired) electrons. The number of rotatable bonds is 3. The van der Waals surface area contributed by atoms with Gasteiger partial charge in [0.2, 0.25) is 0 Å². The molecule has 106 valence electrons. The van der Waals surface area contributed by atoms with Crippen LogP contribution in [0.15, 0.2) is 6.33 Å². The highest BCUT2D eigenvalue weighted by atomic mass is 16.3. The zero-order chi connectivity index (χ0) is 13.8. The molecule has 19 heavy (non-hydrogen) atoms. The van der Waals surface area contributed by atoms with Crippen LogP contribution in [-0.2, 0) is 0 Å². The second kappa shape index (κ2) is 6.19. The predicted molar refractivity (Wildman–Crippen MR) is 77.2 cm³/mol. The Hall–Kier alpha value is -1.36. The molecule has 1 aromatic rings. The van der Waals surface area contributed by atoms with Crippen LogP contribution in [0.25, 0.3) is 0 Å². The van der Waals surface area contributed by atoms with Crippen molar-refractivity contribution in [3.63, 3.8) is 0 Å². The van der Waals surface area contributed by atoms with Crippen molar-refractivity contribution in [3.8, 4) is 0 Å². The maximum absolute atomic E-state index is 9.63. The Balaban J connectivity index is 2.40. The van der Waals surface area contributed by atoms with Crippen LogP contribution in [0.2, 0.25) is 0 Å². The molecule has 1 atom stereocenters. The van der Waals surface area contributed by atoms with Gasteiger partial charge in [0.05, 0.1) is 12.6 Å². The third-order valence-corrected chi connectivity index (χ3v) is 3.83. The smallest absolute Gasteiger partial charge is 0.137 e. The molecular formula is C14H24N4O. The Morgan fingerprint density at radius 1 is 1.37 bits per heavy atom. The van der Waals surface area contributed by atoms with E-state index in [0.717, 1.165) is 30.8 Å². The van der Waals surface area contributed by atoms with Gasteiger partial charge in [-0.15, -0.1) is 0 Å². The van der Waals surface area contributed by atoms with E-state index in [-0.39, 0.29) is 18.6 Å². The maximum atomic E-state index is 9.63. The van der Waals surface area contributed by atoms with Crippen LogP contribution < -0.4 is 10.6 Å². The van der Waals surface area contributed by atoms with Crippen molar-refractivity contribution < 1.29 is 5.11 Å². The van der Waals surface area contributed by atoms with Gasteiger partial charge in [-0.05, 0) is 18.8 Å². The lowest BCUT2D eigenvalue weighted by Gasteiger charge is -2.32. The van der Waals surface area contributed by atoms with Crippen molar-refractivity contribution in [2.75, 3.05) is 23.8 Å². The van der Waals surface area contributed by atoms with Crippen molar-refractivity contribution in [3.05, 3.63) is 11.9 Å². The number of hydrogen-bond acceptors (Lipinski definition) is 5. The molecule has 1 aromatic heterocycles. The van der Waals surface area contributed by atoms with Crippen molar-refractivity contribution in [1.82, 2.24) is 9.97 Å². The highest BCUT2D eigenvalue weighted by Gasteiger charge is 2.25. The molecule has 1 aliphatic heterocycles. The maximum Gasteiger partial charge on any atom is 0.137 e. The molecule has 0 spiro atoms. The minimum Gasteiger partial charge on any atom is -0.394 e. The first-order chi connectivity index (χ1) is 9.15. The molecule has 3 N–H and O–H groups in total. The SMILES string of the molecule is CC(C)c1c(N)ncnc1N1CCCCCC1CO. The fourth-order valence-electron chi connectivity index (χ4n) is 2.83. The van der Waals surface area contributed by atoms with Gasteiger partial charge in [-0.25, -0.2) is 9.97 Å². The Kier molecular flexibility index (Phi) is 4.58. The third-order valence-electron chi connectivity index (χ3n) is 3.83. The number of aliphatic hydroxyl groups is 1. The summed E-state index contributed by atoms with van der Waals surface area (Å²) in [5.41, 5.74) is 7.02. The average Bonchev–Trinajstić information content (AvgIpc) is 2.62. The van der Waals surface area contributed by atoms with Crippen LogP contribution in [0.1, 0.15) is 51.0 Å². The van der Waals surface area contributed by atoms with E-state index in [2.05, 4.69) is 28.7 Å². The molecule has 2 rings (SSSR count). The Morgan fingerprint density at radius 3 is 2.84 bits per heavy atom. The fraction of sp³-hybridized carbons (Fsp3) is 0.714. The van der Waals surface area contributed by atoms with Gasteiger partial charge < -0.3 is 15.7 Å². The van der Waals surface area contributed by atoms with E-state index in [9.17, 15) is 5.11 Å². The summed E-state index contributed by atoms with van der Waals surface area (Å²) in [5.74, 6) is 1.74. The Labute approximate surface area is 114 Å². The molecule has 0 bridgehead atoms. The van der Waals surface area contributed by atoms with E-state index in [4.69, 9.17) is 5.73 Å². The molecule has 1 saturated heterocycles. The molecule has 0 amide bonds. The van der Waals surface area contributed by atoms with E-state index in [0.29, 0.717) is 5.82 Å². The Morgan fingerprint density at radius 2 is 2.16 bits per heavy atom. The van der Waals surface area contributed by atoms with Gasteiger partial charge in [-0.2, -0.15) is 0 Å². The van der Waals surface area contributed by atoms with Gasteiger partial charge >= 0.3 is 0 Å². The lowest BCUT2D eigenvalue weighted by molar-refractivity contribution is 0.254. The minimum absolute atomic E-state index is 0.147. The van der Waals surface area contributed by atoms with E-state index < -0.39 is 0 Å². The summed E-state index contributed by atoms with van der Waals surface area (Å²) >= 11 is 0. The summed E-state index contributed by atoms with van der Waals surface area (Å²) in [4.78, 5) is 10.8. The van der Waals surface area contributed by atoms with Gasteiger partial charge in [-0.3, -0.25) is 0 Å². The summed E-state index contributed by atoms with van der Waals surface area (Å²) in [7, 11) is 0. The first-order valence-electron chi connectivity index (χ1n) is 7.13. The highest BCUT2D eigenvalue weighted by Crippen LogP contribution is 2.32. The van der Waals surface area contributed by atoms with Crippen molar-refractivity contribution in [2.24, 2.45) is 0 Å². The van der Waals surface area contributed by atoms with Gasteiger partial charge in [0.15, 0.2) is 0 Å². The molecule has 0 aliphatic carbocycles. The van der Waals surface area contributed by atoms with Gasteiger partial charge in [0.1, 0.15) is 18.0 Å². The summed E-state index contributed by atoms with van der Waals surface area (Å²) in [6.45, 7) is 5.30. The number of aliphatic hydroxyl groups excluding tert-OH is 1. The van der Waals surface area contributed by atoms with Crippen LogP contribution in [0.5, 0.6) is 0 Å². The quantitative estimate of drug-likeness (QED) is 0.872. The largest absolute Gasteiger partial charge is 0.394 e. The van der Waals surface area contributed by atoms with Crippen molar-refractivity contribution in [2.45, 2.75) is 51.5 Å². The van der Waals surface area contributed by atoms with E-state index in [1.807, 2.05) is 0 Å². The van der Waals surface area contributed by atoms with Crippen LogP contribution >= 0.6 is 0 Å². The standard InChI is InChI=1S/C14H24N4O/c1-10(2)12-13(15)16-9-17-14(12)18-7-5-3-4-6-11(18)8-19/h9-11,19H,3-8H2,1-2H3,(H2,15,16,17). The minimum atomic E-state index is 0.147. The number of nitrogens with two attached hydrogens (primary N) is 1. The second-order valence-electron chi connectivity index (χ2n) is 5.53. The van der Waals surface area contributed by atoms with E-state index >= 15 is 0 Å². The molecule has 0 saturated carbocycles. The lowest BCUT2D eigenvalue weighted by Crippen LogP contribution is -2.39. The van der Waals surface area contributed by atoms with Crippen LogP contribution in [-0.4, -0.2) is 34.3 Å². The normalized spacial score (nSPS) is 20.6. The fourth-order valence-corrected chi connectivity index (χ4v) is 2.83. The molecule has 5 heteroatoms. The van der Waals surface area contributed by atoms with Crippen molar-refractivity contribution in [1.29, 1.82) is 0 Å². The van der Waals surface area contributed by atoms with Gasteiger partial charge in [0, 0.05) is 12.1 Å². The first-order valence-corrected chi connectivity index (χ1v) is 7.13. The summed E-state index contributed by atoms with van der Waals surface area (Å²) in [6.07, 6.45) is 6.05. The monoisotopic (exact) mass is 264 g/mol. The lowest BCUT2D eigenvalue weighted by atomic mass is 10.0. The molecule has 0 aromatic carbocycles. The predicted octanol–water partition coefficient (Wildman–Crippen LogP) is 1.92. The summed E-state index contributed by atoms with van der Waals surface area (Å²) < 4.78 is 0. The summed E-state index contributed by atoms with van der Waals surface area (Å²) in [6, 6.07) is 0.147. The molecular weight excluding hydrogens is 240 g/mol. The number of nitrogens with zero attached hydrogens (tertiary/aromatic N) is 3. The molecule has 1 fully saturated rings. The molecule has 1 aliphatic rings. The first kappa shape index (κ1) is 14.1. The zero-order valence-electron chi connectivity index (χ0n) is 11.8. The van der Waals surface area contributed by atoms with E-state index in [1.54, 1.807) is 0 Å². The van der Waals surface area contributed by atoms with Crippen LogP contribution in [0, 0.1) is 0 Å². The number of hydrogen-bond donors (Lipinski definition) is 2. The topological polar surface area (TPSA) is 75.3 Å². The van der Waals surface area contributed by atoms with Crippen molar-refractivity contribution >= 4 is 11.6 Å². The zero-order valence-corrected chi connectivity index (χ0v) is 11.8. The number of anilines is 2. The highest BCUT2D eigenvalue weighted by molar-refractivity contribution is 5.58. The van der Waals surface area contributed by atoms with Crippen LogP contribution in [0.3, 0.4) is 0 Å². The average molecular weight is 264 g/mol. The number of aromatic nitrogens is 2. The van der Waals surface area contributed by atoms with Gasteiger partial charge in [-0.1, -0.05) is 26.7 Å². The third kappa shape index (κ3) is 2.97. The molecule has 2 heterocycles. The second-order valence-corrected chi connectivity index (χ2v) is 5.53. The molecule has 1 unspecified atom stereocenters. The van der Waals surface area contributed by atoms with Crippen LogP contribution in [0.4, 0.5) is 11.6 Å². The Bertz CT molecular complexity index is 422. The van der Waals surface area contributed by atoms with Gasteiger partial charge in [0.25, 0.3) is 0 Å². The molecule has 5 nitrogen and oxygen atoms in total. The number of nitrogen functional groups attached to an aromatic ring is 1. The van der Waals surface area contributed by atoms with E-state index in [1.165, 1.54) is 19.2 Å². The summed E-state index contributed by atoms with van der Waals surface area (Å²) in [5, 5.41) is 9.63.